The first-order chi connectivity index (χ1) is 11.3. The summed E-state index contributed by atoms with van der Waals surface area (Å²) in [5, 5.41) is 6.81. The van der Waals surface area contributed by atoms with Crippen LogP contribution in [0.2, 0.25) is 0 Å². The minimum Gasteiger partial charge on any atom is -0.461 e. The number of ether oxygens (including phenoxy) is 1. The average molecular weight is 319 g/mol. The maximum Gasteiger partial charge on any atom is 0.257 e. The normalized spacial score (nSPS) is 15.7. The van der Waals surface area contributed by atoms with E-state index in [1.807, 2.05) is 0 Å². The van der Waals surface area contributed by atoms with E-state index in [9.17, 15) is 4.79 Å². The van der Waals surface area contributed by atoms with Crippen LogP contribution in [0, 0.1) is 6.92 Å². The van der Waals surface area contributed by atoms with Crippen molar-refractivity contribution in [1.29, 1.82) is 0 Å². The zero-order chi connectivity index (χ0) is 16.1. The van der Waals surface area contributed by atoms with Gasteiger partial charge in [0.1, 0.15) is 5.56 Å². The van der Waals surface area contributed by atoms with Gasteiger partial charge in [-0.05, 0) is 32.0 Å². The second kappa shape index (κ2) is 7.43. The van der Waals surface area contributed by atoms with Crippen molar-refractivity contribution >= 4 is 5.91 Å². The molecule has 1 aliphatic rings. The smallest absolute Gasteiger partial charge is 0.257 e. The number of nitrogens with one attached hydrogen (secondary N) is 1. The molecule has 0 saturated carbocycles. The van der Waals surface area contributed by atoms with E-state index in [-0.39, 0.29) is 5.91 Å². The molecular formula is C16H21N3O4. The molecular weight excluding hydrogens is 298 g/mol. The van der Waals surface area contributed by atoms with E-state index >= 15 is 0 Å². The summed E-state index contributed by atoms with van der Waals surface area (Å²) in [6, 6.07) is 3.49. The van der Waals surface area contributed by atoms with Crippen LogP contribution < -0.4 is 5.32 Å². The highest BCUT2D eigenvalue weighted by atomic mass is 16.5. The van der Waals surface area contributed by atoms with Crippen LogP contribution in [0.4, 0.5) is 0 Å². The summed E-state index contributed by atoms with van der Waals surface area (Å²) in [4.78, 5) is 14.7. The molecule has 3 heterocycles. The van der Waals surface area contributed by atoms with Gasteiger partial charge < -0.3 is 19.0 Å². The van der Waals surface area contributed by atoms with E-state index < -0.39 is 0 Å². The first-order valence-electron chi connectivity index (χ1n) is 7.84. The fraction of sp³-hybridized carbons (Fsp3) is 0.500. The number of hydrogen-bond donors (Lipinski definition) is 1. The number of carbonyl (C=O) groups excluding carboxylic acids is 1. The molecule has 23 heavy (non-hydrogen) atoms. The molecule has 7 nitrogen and oxygen atoms in total. The Morgan fingerprint density at radius 2 is 2.22 bits per heavy atom. The van der Waals surface area contributed by atoms with Crippen LogP contribution in [0.5, 0.6) is 0 Å². The van der Waals surface area contributed by atoms with Gasteiger partial charge in [-0.3, -0.25) is 9.69 Å². The van der Waals surface area contributed by atoms with Gasteiger partial charge >= 0.3 is 0 Å². The standard InChI is InChI=1S/C16H21N3O4/c1-12-14(15(23-18-12)13-4-2-9-22-13)16(20)17-5-3-6-19-7-10-21-11-8-19/h2,4,9H,3,5-8,10-11H2,1H3,(H,17,20). The van der Waals surface area contributed by atoms with E-state index in [0.717, 1.165) is 39.3 Å². The van der Waals surface area contributed by atoms with Gasteiger partial charge in [-0.25, -0.2) is 0 Å². The molecule has 1 aliphatic heterocycles. The lowest BCUT2D eigenvalue weighted by Gasteiger charge is -2.26. The predicted molar refractivity (Wildman–Crippen MR) is 83.2 cm³/mol. The fourth-order valence-corrected chi connectivity index (χ4v) is 2.63. The number of morpholine rings is 1. The molecule has 0 spiro atoms. The maximum atomic E-state index is 12.4. The monoisotopic (exact) mass is 319 g/mol. The van der Waals surface area contributed by atoms with Gasteiger partial charge in [-0.15, -0.1) is 0 Å². The highest BCUT2D eigenvalue weighted by Crippen LogP contribution is 2.26. The Balaban J connectivity index is 1.53. The number of amides is 1. The lowest BCUT2D eigenvalue weighted by Crippen LogP contribution is -2.38. The van der Waals surface area contributed by atoms with Crippen LogP contribution in [-0.4, -0.2) is 55.4 Å². The summed E-state index contributed by atoms with van der Waals surface area (Å²) in [6.07, 6.45) is 2.43. The molecule has 1 amide bonds. The second-order valence-electron chi connectivity index (χ2n) is 5.51. The summed E-state index contributed by atoms with van der Waals surface area (Å²) >= 11 is 0. The topological polar surface area (TPSA) is 80.7 Å². The maximum absolute atomic E-state index is 12.4. The van der Waals surface area contributed by atoms with E-state index in [0.29, 0.717) is 29.3 Å². The number of carbonyl (C=O) groups is 1. The summed E-state index contributed by atoms with van der Waals surface area (Å²) in [6.45, 7) is 6.81. The van der Waals surface area contributed by atoms with Crippen molar-refractivity contribution in [3.05, 3.63) is 29.7 Å². The zero-order valence-electron chi connectivity index (χ0n) is 13.2. The third kappa shape index (κ3) is 3.80. The van der Waals surface area contributed by atoms with Crippen molar-refractivity contribution < 1.29 is 18.5 Å². The van der Waals surface area contributed by atoms with Gasteiger partial charge in [-0.2, -0.15) is 0 Å². The molecule has 1 saturated heterocycles. The van der Waals surface area contributed by atoms with Crippen LogP contribution >= 0.6 is 0 Å². The van der Waals surface area contributed by atoms with Crippen molar-refractivity contribution in [2.24, 2.45) is 0 Å². The summed E-state index contributed by atoms with van der Waals surface area (Å²) in [7, 11) is 0. The molecule has 124 valence electrons. The van der Waals surface area contributed by atoms with Gasteiger partial charge in [0, 0.05) is 19.6 Å². The Kier molecular flexibility index (Phi) is 5.09. The van der Waals surface area contributed by atoms with Crippen LogP contribution in [0.1, 0.15) is 22.5 Å². The lowest BCUT2D eigenvalue weighted by molar-refractivity contribution is 0.0374. The zero-order valence-corrected chi connectivity index (χ0v) is 13.2. The first-order valence-corrected chi connectivity index (χ1v) is 7.84. The Labute approximate surface area is 134 Å². The van der Waals surface area contributed by atoms with Gasteiger partial charge in [0.05, 0.1) is 25.2 Å². The van der Waals surface area contributed by atoms with E-state index in [4.69, 9.17) is 13.7 Å². The van der Waals surface area contributed by atoms with Crippen molar-refractivity contribution in [2.45, 2.75) is 13.3 Å². The van der Waals surface area contributed by atoms with E-state index in [1.165, 1.54) is 6.26 Å². The minimum atomic E-state index is -0.183. The summed E-state index contributed by atoms with van der Waals surface area (Å²) < 4.78 is 15.8. The Morgan fingerprint density at radius 3 is 2.96 bits per heavy atom. The summed E-state index contributed by atoms with van der Waals surface area (Å²) in [5.41, 5.74) is 0.994. The SMILES string of the molecule is Cc1noc(-c2ccco2)c1C(=O)NCCCN1CCOCC1. The predicted octanol–water partition coefficient (Wildman–Crippen LogP) is 1.70. The highest BCUT2D eigenvalue weighted by molar-refractivity contribution is 6.00. The molecule has 0 radical (unpaired) electrons. The molecule has 0 unspecified atom stereocenters. The third-order valence-electron chi connectivity index (χ3n) is 3.88. The van der Waals surface area contributed by atoms with Crippen molar-refractivity contribution in [2.75, 3.05) is 39.4 Å². The number of furan rings is 1. The van der Waals surface area contributed by atoms with Crippen LogP contribution in [0.25, 0.3) is 11.5 Å². The third-order valence-corrected chi connectivity index (χ3v) is 3.88. The van der Waals surface area contributed by atoms with Crippen molar-refractivity contribution in [3.63, 3.8) is 0 Å². The lowest BCUT2D eigenvalue weighted by atomic mass is 10.1. The number of aryl methyl sites for hydroxylation is 1. The van der Waals surface area contributed by atoms with Crippen LogP contribution in [-0.2, 0) is 4.74 Å². The molecule has 3 rings (SSSR count). The molecule has 2 aromatic heterocycles. The second-order valence-corrected chi connectivity index (χ2v) is 5.51. The highest BCUT2D eigenvalue weighted by Gasteiger charge is 2.23. The Morgan fingerprint density at radius 1 is 1.39 bits per heavy atom. The van der Waals surface area contributed by atoms with Crippen LogP contribution in [0.15, 0.2) is 27.3 Å². The Bertz CT molecular complexity index is 630. The van der Waals surface area contributed by atoms with Crippen LogP contribution in [0.3, 0.4) is 0 Å². The molecule has 0 aromatic carbocycles. The largest absolute Gasteiger partial charge is 0.461 e. The number of nitrogens with zero attached hydrogens (tertiary/aromatic N) is 2. The molecule has 0 aliphatic carbocycles. The molecule has 2 aromatic rings. The first kappa shape index (κ1) is 15.8. The quantitative estimate of drug-likeness (QED) is 0.816. The fourth-order valence-electron chi connectivity index (χ4n) is 2.63. The number of aromatic nitrogens is 1. The minimum absolute atomic E-state index is 0.183. The van der Waals surface area contributed by atoms with Gasteiger partial charge in [0.2, 0.25) is 5.76 Å². The van der Waals surface area contributed by atoms with Gasteiger partial charge in [0.15, 0.2) is 5.76 Å². The molecule has 7 heteroatoms. The van der Waals surface area contributed by atoms with E-state index in [2.05, 4.69) is 15.4 Å². The molecule has 0 atom stereocenters. The van der Waals surface area contributed by atoms with Gasteiger partial charge in [0.25, 0.3) is 5.91 Å². The number of rotatable bonds is 6. The number of hydrogen-bond acceptors (Lipinski definition) is 6. The van der Waals surface area contributed by atoms with Crippen molar-refractivity contribution in [3.8, 4) is 11.5 Å². The van der Waals surface area contributed by atoms with E-state index in [1.54, 1.807) is 19.1 Å². The average Bonchev–Trinajstić information content (AvgIpc) is 3.21. The van der Waals surface area contributed by atoms with Crippen molar-refractivity contribution in [1.82, 2.24) is 15.4 Å². The van der Waals surface area contributed by atoms with Gasteiger partial charge in [-0.1, -0.05) is 5.16 Å². The molecule has 1 fully saturated rings. The molecule has 1 N–H and O–H groups in total. The molecule has 0 bridgehead atoms. The summed E-state index contributed by atoms with van der Waals surface area (Å²) in [5.74, 6) is 0.694. The Hall–Kier alpha value is -2.12.